The molecule has 0 unspecified atom stereocenters. The van der Waals surface area contributed by atoms with Crippen LogP contribution in [0.15, 0.2) is 83.9 Å². The van der Waals surface area contributed by atoms with Crippen molar-refractivity contribution >= 4 is 45.7 Å². The Bertz CT molecular complexity index is 3160. The van der Waals surface area contributed by atoms with Crippen LogP contribution in [0.25, 0.3) is 27.9 Å². The summed E-state index contributed by atoms with van der Waals surface area (Å²) in [5.41, 5.74) is 2.19. The zero-order chi connectivity index (χ0) is 47.4. The fraction of sp³-hybridized carbons (Fsp3) is 0.319. The van der Waals surface area contributed by atoms with Crippen LogP contribution in [-0.4, -0.2) is 93.0 Å². The van der Waals surface area contributed by atoms with E-state index in [9.17, 15) is 37.9 Å². The first kappa shape index (κ1) is 44.5. The summed E-state index contributed by atoms with van der Waals surface area (Å²) in [6.07, 6.45) is -0.352. The normalized spacial score (nSPS) is 14.9. The number of aromatic nitrogens is 7. The number of fused-ring (bicyclic) bond motifs is 4. The van der Waals surface area contributed by atoms with Crippen LogP contribution in [0.2, 0.25) is 0 Å². The Morgan fingerprint density at radius 1 is 0.970 bits per heavy atom. The first-order chi connectivity index (χ1) is 31.9. The predicted molar refractivity (Wildman–Crippen MR) is 237 cm³/mol. The van der Waals surface area contributed by atoms with E-state index in [0.717, 1.165) is 35.3 Å². The number of carbonyl (C=O) groups is 2. The number of pyridine rings is 2. The third kappa shape index (κ3) is 9.01. The number of piperidine rings is 1. The largest absolute Gasteiger partial charge is 0.573 e. The van der Waals surface area contributed by atoms with Crippen molar-refractivity contribution in [1.82, 2.24) is 43.4 Å². The molecular weight excluding hydrogens is 875 g/mol. The maximum absolute atomic E-state index is 15.2. The van der Waals surface area contributed by atoms with Gasteiger partial charge in [0.2, 0.25) is 5.95 Å². The number of carbonyl (C=O) groups excluding carboxylic acids is 1. The number of nitrogens with one attached hydrogen (secondary N) is 1. The Kier molecular flexibility index (Phi) is 11.5. The number of ether oxygens (including phenoxy) is 1. The number of hydrogen-bond acceptors (Lipinski definition) is 11. The highest BCUT2D eigenvalue weighted by Crippen LogP contribution is 2.34. The first-order valence-electron chi connectivity index (χ1n) is 21.5. The number of aromatic carboxylic acids is 1. The van der Waals surface area contributed by atoms with Crippen molar-refractivity contribution in [1.29, 1.82) is 5.26 Å². The van der Waals surface area contributed by atoms with Crippen LogP contribution in [0, 0.1) is 22.6 Å². The van der Waals surface area contributed by atoms with Crippen LogP contribution in [-0.2, 0) is 19.5 Å². The molecule has 1 saturated heterocycles. The highest BCUT2D eigenvalue weighted by molar-refractivity contribution is 5.99. The summed E-state index contributed by atoms with van der Waals surface area (Å²) >= 11 is 0. The van der Waals surface area contributed by atoms with E-state index in [4.69, 9.17) is 0 Å². The molecule has 0 radical (unpaired) electrons. The summed E-state index contributed by atoms with van der Waals surface area (Å²) in [6, 6.07) is 17.3. The summed E-state index contributed by atoms with van der Waals surface area (Å²) in [4.78, 5) is 63.9. The number of imidazole rings is 1. The fourth-order valence-corrected chi connectivity index (χ4v) is 9.09. The third-order valence-electron chi connectivity index (χ3n) is 11.9. The van der Waals surface area contributed by atoms with E-state index in [1.165, 1.54) is 45.7 Å². The molecule has 5 aromatic heterocycles. The average molecular weight is 918 g/mol. The minimum Gasteiger partial charge on any atom is -0.476 e. The smallest absolute Gasteiger partial charge is 0.476 e. The van der Waals surface area contributed by atoms with Crippen LogP contribution >= 0.6 is 0 Å². The summed E-state index contributed by atoms with van der Waals surface area (Å²) < 4.78 is 62.1. The summed E-state index contributed by atoms with van der Waals surface area (Å²) in [5, 5.41) is 23.6. The molecule has 2 aliphatic heterocycles. The van der Waals surface area contributed by atoms with Gasteiger partial charge in [-0.25, -0.2) is 28.9 Å². The molecule has 344 valence electrons. The van der Waals surface area contributed by atoms with E-state index in [2.05, 4.69) is 55.7 Å². The minimum atomic E-state index is -4.90. The van der Waals surface area contributed by atoms with Crippen LogP contribution in [0.5, 0.6) is 5.75 Å². The summed E-state index contributed by atoms with van der Waals surface area (Å²) in [6.45, 7) is 9.20. The lowest BCUT2D eigenvalue weighted by Crippen LogP contribution is -2.41. The van der Waals surface area contributed by atoms with Crippen molar-refractivity contribution in [3.05, 3.63) is 129 Å². The van der Waals surface area contributed by atoms with E-state index in [0.29, 0.717) is 50.1 Å². The second-order valence-electron chi connectivity index (χ2n) is 17.8. The number of halogens is 4. The number of nitrogens with zero attached hydrogens (tertiary/aromatic N) is 10. The molecule has 0 spiro atoms. The minimum absolute atomic E-state index is 0.0150. The lowest BCUT2D eigenvalue weighted by atomic mass is 9.94. The number of anilines is 2. The number of amides is 1. The quantitative estimate of drug-likeness (QED) is 0.128. The van der Waals surface area contributed by atoms with Gasteiger partial charge in [0.05, 0.1) is 36.6 Å². The van der Waals surface area contributed by atoms with Gasteiger partial charge in [0.15, 0.2) is 11.3 Å². The molecule has 2 N–H and O–H groups in total. The fourth-order valence-electron chi connectivity index (χ4n) is 9.09. The van der Waals surface area contributed by atoms with E-state index in [-0.39, 0.29) is 58.2 Å². The van der Waals surface area contributed by atoms with Gasteiger partial charge in [0.25, 0.3) is 5.91 Å². The maximum Gasteiger partial charge on any atom is 0.573 e. The number of rotatable bonds is 10. The van der Waals surface area contributed by atoms with Crippen LogP contribution in [0.4, 0.5) is 29.2 Å². The van der Waals surface area contributed by atoms with Gasteiger partial charge >= 0.3 is 18.0 Å². The molecule has 0 bridgehead atoms. The first-order valence-corrected chi connectivity index (χ1v) is 21.5. The number of likely N-dealkylation sites (tertiary alicyclic amines) is 1. The highest BCUT2D eigenvalue weighted by atomic mass is 19.4. The number of alkyl halides is 3. The standard InChI is InChI=1S/C47H43F4N11O5/c1-46(2,3)26-58-18-14-30(15-19-58)62-41-39(38(43(64)65)56-44(57-41)55-29-8-11-32(12-9-29)67-47(49,50)51)61(45(62)66)31-10-13-36(54-23-31)42(63)59-20-16-33-34-5-4-17-53-40(34)60(37(33)25-59)24-28-7-6-27(22-52)21-35(28)48/h4-13,17,21,23,30H,14-16,18-20,24-26H2,1-3H3,(H,64,65)(H,55,56,57). The average Bonchev–Trinajstić information content (AvgIpc) is 3.76. The van der Waals surface area contributed by atoms with Gasteiger partial charge in [-0.3, -0.25) is 13.9 Å². The molecule has 2 aromatic carbocycles. The Balaban J connectivity index is 1.05. The molecule has 9 rings (SSSR count). The van der Waals surface area contributed by atoms with Gasteiger partial charge in [0, 0.05) is 60.7 Å². The van der Waals surface area contributed by atoms with E-state index < -0.39 is 47.2 Å². The number of carboxylic acid groups (broad SMARTS) is 1. The van der Waals surface area contributed by atoms with Gasteiger partial charge in [0.1, 0.15) is 28.4 Å². The van der Waals surface area contributed by atoms with Gasteiger partial charge in [-0.2, -0.15) is 10.2 Å². The summed E-state index contributed by atoms with van der Waals surface area (Å²) in [5.74, 6) is -3.11. The molecule has 67 heavy (non-hydrogen) atoms. The predicted octanol–water partition coefficient (Wildman–Crippen LogP) is 7.61. The molecule has 1 fully saturated rings. The second-order valence-corrected chi connectivity index (χ2v) is 17.8. The molecule has 0 saturated carbocycles. The highest BCUT2D eigenvalue weighted by Gasteiger charge is 2.34. The SMILES string of the molecule is CC(C)(C)CN1CCC(n2c(=O)n(-c3ccc(C(=O)N4CCc5c(n(Cc6ccc(C#N)cc6F)c6ncccc56)C4)nc3)c3c(C(=O)O)nc(Nc4ccc(OC(F)(F)F)cc4)nc32)CC1. The molecule has 0 atom stereocenters. The molecule has 2 aliphatic rings. The van der Waals surface area contributed by atoms with Crippen molar-refractivity contribution in [3.8, 4) is 17.5 Å². The Hall–Kier alpha value is -7.66. The van der Waals surface area contributed by atoms with E-state index >= 15 is 4.39 Å². The van der Waals surface area contributed by atoms with Gasteiger partial charge in [-0.1, -0.05) is 26.8 Å². The molecule has 7 aromatic rings. The van der Waals surface area contributed by atoms with E-state index in [1.807, 2.05) is 22.8 Å². The maximum atomic E-state index is 15.2. The monoisotopic (exact) mass is 917 g/mol. The zero-order valence-electron chi connectivity index (χ0n) is 36.5. The third-order valence-corrected chi connectivity index (χ3v) is 11.9. The molecule has 1 amide bonds. The van der Waals surface area contributed by atoms with Crippen molar-refractivity contribution in [3.63, 3.8) is 0 Å². The lowest BCUT2D eigenvalue weighted by Gasteiger charge is -2.36. The Morgan fingerprint density at radius 2 is 1.73 bits per heavy atom. The van der Waals surface area contributed by atoms with Crippen LogP contribution in [0.3, 0.4) is 0 Å². The number of nitriles is 1. The Morgan fingerprint density at radius 3 is 2.39 bits per heavy atom. The number of carboxylic acids is 1. The Labute approximate surface area is 379 Å². The molecule has 7 heterocycles. The number of benzene rings is 2. The van der Waals surface area contributed by atoms with Gasteiger partial charge < -0.3 is 29.5 Å². The van der Waals surface area contributed by atoms with Crippen LogP contribution in [0.1, 0.15) is 83.0 Å². The molecule has 20 heteroatoms. The van der Waals surface area contributed by atoms with E-state index in [1.54, 1.807) is 23.2 Å². The van der Waals surface area contributed by atoms with Gasteiger partial charge in [-0.05, 0) is 90.9 Å². The lowest BCUT2D eigenvalue weighted by molar-refractivity contribution is -0.274. The van der Waals surface area contributed by atoms with Crippen molar-refractivity contribution in [2.75, 3.05) is 31.5 Å². The van der Waals surface area contributed by atoms with Crippen molar-refractivity contribution < 1.29 is 37.0 Å². The van der Waals surface area contributed by atoms with Crippen molar-refractivity contribution in [2.45, 2.75) is 65.5 Å². The molecular formula is C47H43F4N11O5. The summed E-state index contributed by atoms with van der Waals surface area (Å²) in [7, 11) is 0. The van der Waals surface area contributed by atoms with Gasteiger partial charge in [-0.15, -0.1) is 13.2 Å². The van der Waals surface area contributed by atoms with Crippen LogP contribution < -0.4 is 15.7 Å². The van der Waals surface area contributed by atoms with Crippen molar-refractivity contribution in [2.24, 2.45) is 5.41 Å². The number of hydrogen-bond donors (Lipinski definition) is 2. The molecule has 16 nitrogen and oxygen atoms in total. The molecule has 0 aliphatic carbocycles. The second kappa shape index (κ2) is 17.3. The topological polar surface area (TPSA) is 189 Å². The zero-order valence-corrected chi connectivity index (χ0v) is 36.5.